The van der Waals surface area contributed by atoms with Crippen LogP contribution in [0.25, 0.3) is 0 Å². The number of aryl methyl sites for hydroxylation is 2. The number of benzene rings is 2. The SMILES string of the molecule is CCOC(=O)CN1C(=O)C(Nc2ccc(C)cc2)c2cc(C)ccc21. The molecule has 0 saturated carbocycles. The summed E-state index contributed by atoms with van der Waals surface area (Å²) in [5, 5.41) is 3.29. The van der Waals surface area contributed by atoms with E-state index in [9.17, 15) is 9.59 Å². The van der Waals surface area contributed by atoms with Crippen LogP contribution in [0, 0.1) is 13.8 Å². The molecule has 0 aliphatic carbocycles. The number of carbonyl (C=O) groups is 2. The Labute approximate surface area is 147 Å². The first kappa shape index (κ1) is 17.0. The van der Waals surface area contributed by atoms with Gasteiger partial charge < -0.3 is 10.1 Å². The van der Waals surface area contributed by atoms with E-state index in [1.165, 1.54) is 4.90 Å². The van der Waals surface area contributed by atoms with Gasteiger partial charge in [0.2, 0.25) is 0 Å². The Bertz CT molecular complexity index is 799. The Balaban J connectivity index is 1.91. The molecule has 1 aliphatic heterocycles. The first-order valence-electron chi connectivity index (χ1n) is 8.40. The molecule has 1 unspecified atom stereocenters. The molecule has 5 heteroatoms. The first-order valence-corrected chi connectivity index (χ1v) is 8.40. The molecular formula is C20H22N2O3. The molecule has 1 aliphatic rings. The van der Waals surface area contributed by atoms with Gasteiger partial charge in [-0.15, -0.1) is 0 Å². The van der Waals surface area contributed by atoms with Gasteiger partial charge in [0.05, 0.1) is 12.3 Å². The highest BCUT2D eigenvalue weighted by Crippen LogP contribution is 2.38. The molecule has 1 heterocycles. The Morgan fingerprint density at radius 3 is 2.48 bits per heavy atom. The number of nitrogens with one attached hydrogen (secondary N) is 1. The summed E-state index contributed by atoms with van der Waals surface area (Å²) < 4.78 is 5.00. The van der Waals surface area contributed by atoms with Crippen molar-refractivity contribution in [2.75, 3.05) is 23.4 Å². The van der Waals surface area contributed by atoms with Gasteiger partial charge in [0.1, 0.15) is 12.6 Å². The van der Waals surface area contributed by atoms with Crippen LogP contribution in [0.5, 0.6) is 0 Å². The number of carbonyl (C=O) groups excluding carboxylic acids is 2. The van der Waals surface area contributed by atoms with Gasteiger partial charge in [0.15, 0.2) is 0 Å². The largest absolute Gasteiger partial charge is 0.465 e. The zero-order chi connectivity index (χ0) is 18.0. The van der Waals surface area contributed by atoms with Crippen molar-refractivity contribution in [1.82, 2.24) is 0 Å². The van der Waals surface area contributed by atoms with E-state index in [0.29, 0.717) is 6.61 Å². The summed E-state index contributed by atoms with van der Waals surface area (Å²) in [6.45, 7) is 5.98. The molecule has 0 bridgehead atoms. The molecule has 25 heavy (non-hydrogen) atoms. The zero-order valence-electron chi connectivity index (χ0n) is 14.7. The zero-order valence-corrected chi connectivity index (χ0v) is 14.7. The maximum absolute atomic E-state index is 12.9. The number of esters is 1. The van der Waals surface area contributed by atoms with Crippen LogP contribution in [-0.2, 0) is 14.3 Å². The van der Waals surface area contributed by atoms with Crippen LogP contribution in [0.15, 0.2) is 42.5 Å². The van der Waals surface area contributed by atoms with Gasteiger partial charge in [-0.2, -0.15) is 0 Å². The van der Waals surface area contributed by atoms with Crippen LogP contribution < -0.4 is 10.2 Å². The van der Waals surface area contributed by atoms with E-state index in [1.54, 1.807) is 6.92 Å². The molecule has 2 aromatic rings. The minimum Gasteiger partial charge on any atom is -0.465 e. The average molecular weight is 338 g/mol. The Kier molecular flexibility index (Phi) is 4.74. The summed E-state index contributed by atoms with van der Waals surface area (Å²) in [6, 6.07) is 13.2. The molecule has 5 nitrogen and oxygen atoms in total. The van der Waals surface area contributed by atoms with E-state index in [-0.39, 0.29) is 12.5 Å². The fraction of sp³-hybridized carbons (Fsp3) is 0.300. The lowest BCUT2D eigenvalue weighted by Gasteiger charge is -2.17. The fourth-order valence-corrected chi connectivity index (χ4v) is 3.01. The minimum atomic E-state index is -0.507. The van der Waals surface area contributed by atoms with E-state index in [2.05, 4.69) is 5.32 Å². The molecule has 0 aromatic heterocycles. The van der Waals surface area contributed by atoms with E-state index in [0.717, 1.165) is 28.1 Å². The van der Waals surface area contributed by atoms with Gasteiger partial charge in [0, 0.05) is 11.3 Å². The predicted octanol–water partition coefficient (Wildman–Crippen LogP) is 3.37. The van der Waals surface area contributed by atoms with Crippen LogP contribution in [0.2, 0.25) is 0 Å². The fourth-order valence-electron chi connectivity index (χ4n) is 3.01. The molecule has 130 valence electrons. The molecule has 3 rings (SSSR count). The molecule has 0 fully saturated rings. The van der Waals surface area contributed by atoms with Gasteiger partial charge >= 0.3 is 5.97 Å². The highest BCUT2D eigenvalue weighted by atomic mass is 16.5. The van der Waals surface area contributed by atoms with Crippen molar-refractivity contribution in [3.05, 3.63) is 59.2 Å². The third-order valence-corrected chi connectivity index (χ3v) is 4.25. The lowest BCUT2D eigenvalue weighted by Crippen LogP contribution is -2.36. The molecule has 0 radical (unpaired) electrons. The predicted molar refractivity (Wildman–Crippen MR) is 97.7 cm³/mol. The van der Waals surface area contributed by atoms with E-state index in [4.69, 9.17) is 4.74 Å². The van der Waals surface area contributed by atoms with Crippen molar-refractivity contribution in [1.29, 1.82) is 0 Å². The summed E-state index contributed by atoms with van der Waals surface area (Å²) in [5.41, 5.74) is 4.74. The van der Waals surface area contributed by atoms with Crippen LogP contribution in [0.4, 0.5) is 11.4 Å². The second-order valence-electron chi connectivity index (χ2n) is 6.24. The average Bonchev–Trinajstić information content (AvgIpc) is 2.82. The van der Waals surface area contributed by atoms with Crippen molar-refractivity contribution >= 4 is 23.3 Å². The summed E-state index contributed by atoms with van der Waals surface area (Å²) >= 11 is 0. The third kappa shape index (κ3) is 3.50. The van der Waals surface area contributed by atoms with Crippen LogP contribution in [0.3, 0.4) is 0 Å². The van der Waals surface area contributed by atoms with Crippen molar-refractivity contribution in [3.63, 3.8) is 0 Å². The Morgan fingerprint density at radius 2 is 1.80 bits per heavy atom. The van der Waals surface area contributed by atoms with Gasteiger partial charge in [-0.3, -0.25) is 14.5 Å². The lowest BCUT2D eigenvalue weighted by molar-refractivity contribution is -0.142. The summed E-state index contributed by atoms with van der Waals surface area (Å²) in [5.74, 6) is -0.549. The third-order valence-electron chi connectivity index (χ3n) is 4.25. The van der Waals surface area contributed by atoms with E-state index >= 15 is 0 Å². The van der Waals surface area contributed by atoms with Crippen LogP contribution >= 0.6 is 0 Å². The van der Waals surface area contributed by atoms with E-state index in [1.807, 2.05) is 56.3 Å². The standard InChI is InChI=1S/C20H22N2O3/c1-4-25-18(23)12-22-17-10-7-14(3)11-16(17)19(20(22)24)21-15-8-5-13(2)6-9-15/h5-11,19,21H,4,12H2,1-3H3. The summed E-state index contributed by atoms with van der Waals surface area (Å²) in [4.78, 5) is 26.3. The smallest absolute Gasteiger partial charge is 0.326 e. The van der Waals surface area contributed by atoms with Crippen molar-refractivity contribution in [3.8, 4) is 0 Å². The van der Waals surface area contributed by atoms with Crippen LogP contribution in [-0.4, -0.2) is 25.0 Å². The number of hydrogen-bond acceptors (Lipinski definition) is 4. The quantitative estimate of drug-likeness (QED) is 0.849. The maximum atomic E-state index is 12.9. The normalized spacial score (nSPS) is 15.9. The highest BCUT2D eigenvalue weighted by molar-refractivity contribution is 6.08. The Morgan fingerprint density at radius 1 is 1.12 bits per heavy atom. The summed E-state index contributed by atoms with van der Waals surface area (Å²) in [7, 11) is 0. The molecule has 1 amide bonds. The number of amides is 1. The van der Waals surface area contributed by atoms with Gasteiger partial charge in [-0.05, 0) is 39.0 Å². The van der Waals surface area contributed by atoms with Crippen molar-refractivity contribution < 1.29 is 14.3 Å². The van der Waals surface area contributed by atoms with Crippen LogP contribution in [0.1, 0.15) is 29.7 Å². The number of rotatable bonds is 5. The molecule has 0 saturated heterocycles. The topological polar surface area (TPSA) is 58.6 Å². The van der Waals surface area contributed by atoms with Crippen molar-refractivity contribution in [2.45, 2.75) is 26.8 Å². The van der Waals surface area contributed by atoms with Gasteiger partial charge in [-0.25, -0.2) is 0 Å². The number of nitrogens with zero attached hydrogens (tertiary/aromatic N) is 1. The van der Waals surface area contributed by atoms with Crippen molar-refractivity contribution in [2.24, 2.45) is 0 Å². The molecule has 2 aromatic carbocycles. The summed E-state index contributed by atoms with van der Waals surface area (Å²) in [6.07, 6.45) is 0. The lowest BCUT2D eigenvalue weighted by atomic mass is 10.0. The first-order chi connectivity index (χ1) is 12.0. The Hall–Kier alpha value is -2.82. The number of ether oxygens (including phenoxy) is 1. The molecular weight excluding hydrogens is 316 g/mol. The van der Waals surface area contributed by atoms with Gasteiger partial charge in [0.25, 0.3) is 5.91 Å². The second-order valence-corrected chi connectivity index (χ2v) is 6.24. The van der Waals surface area contributed by atoms with E-state index < -0.39 is 12.0 Å². The monoisotopic (exact) mass is 338 g/mol. The number of hydrogen-bond donors (Lipinski definition) is 1. The van der Waals surface area contributed by atoms with Gasteiger partial charge in [-0.1, -0.05) is 35.4 Å². The highest BCUT2D eigenvalue weighted by Gasteiger charge is 2.38. The molecule has 0 spiro atoms. The number of anilines is 2. The maximum Gasteiger partial charge on any atom is 0.326 e. The second kappa shape index (κ2) is 6.97. The number of fused-ring (bicyclic) bond motifs is 1. The molecule has 1 N–H and O–H groups in total. The minimum absolute atomic E-state index is 0.0746. The molecule has 1 atom stereocenters.